The number of benzene rings is 3. The summed E-state index contributed by atoms with van der Waals surface area (Å²) in [5.74, 6) is 0.868. The third kappa shape index (κ3) is 15.2. The van der Waals surface area contributed by atoms with Gasteiger partial charge < -0.3 is 14.2 Å². The highest BCUT2D eigenvalue weighted by molar-refractivity contribution is 5.91. The minimum absolute atomic E-state index is 0.307. The normalized spacial score (nSPS) is 11.6. The number of hydrogen-bond donors (Lipinski definition) is 0. The molecule has 1 unspecified atom stereocenters. The summed E-state index contributed by atoms with van der Waals surface area (Å²) in [7, 11) is 0. The van der Waals surface area contributed by atoms with E-state index < -0.39 is 5.97 Å². The van der Waals surface area contributed by atoms with Crippen molar-refractivity contribution >= 4 is 11.9 Å². The second-order valence-electron chi connectivity index (χ2n) is 12.9. The van der Waals surface area contributed by atoms with Crippen LogP contribution in [0, 0.1) is 5.92 Å². The third-order valence-corrected chi connectivity index (χ3v) is 8.82. The van der Waals surface area contributed by atoms with Crippen LogP contribution in [0.1, 0.15) is 144 Å². The topological polar surface area (TPSA) is 61.8 Å². The minimum atomic E-state index is -0.410. The Morgan fingerprint density at radius 1 is 0.532 bits per heavy atom. The molecular weight excluding hydrogens is 584 g/mol. The van der Waals surface area contributed by atoms with Crippen LogP contribution in [0.25, 0.3) is 11.1 Å². The fourth-order valence-corrected chi connectivity index (χ4v) is 5.45. The maximum absolute atomic E-state index is 12.7. The fourth-order valence-electron chi connectivity index (χ4n) is 5.45. The average molecular weight is 643 g/mol. The molecule has 0 aliphatic rings. The smallest absolute Gasteiger partial charge is 0.343 e. The van der Waals surface area contributed by atoms with Gasteiger partial charge in [0.25, 0.3) is 0 Å². The van der Waals surface area contributed by atoms with Crippen LogP contribution in [-0.4, -0.2) is 25.2 Å². The highest BCUT2D eigenvalue weighted by Gasteiger charge is 2.11. The van der Waals surface area contributed by atoms with Crippen LogP contribution in [0.3, 0.4) is 0 Å². The number of rotatable bonds is 24. The van der Waals surface area contributed by atoms with Gasteiger partial charge in [0.15, 0.2) is 0 Å². The Bertz CT molecular complexity index is 1260. The lowest BCUT2D eigenvalue weighted by Crippen LogP contribution is -2.11. The molecule has 5 nitrogen and oxygen atoms in total. The van der Waals surface area contributed by atoms with E-state index in [-0.39, 0.29) is 5.97 Å². The molecule has 0 amide bonds. The molecule has 0 bridgehead atoms. The molecule has 0 radical (unpaired) electrons. The Balaban J connectivity index is 1.27. The van der Waals surface area contributed by atoms with Crippen molar-refractivity contribution in [2.75, 3.05) is 13.2 Å². The first-order valence-corrected chi connectivity index (χ1v) is 18.3. The molecule has 47 heavy (non-hydrogen) atoms. The van der Waals surface area contributed by atoms with E-state index in [0.29, 0.717) is 36.0 Å². The first kappa shape index (κ1) is 37.9. The molecule has 1 atom stereocenters. The van der Waals surface area contributed by atoms with E-state index in [1.165, 1.54) is 89.9 Å². The first-order chi connectivity index (χ1) is 23.0. The zero-order chi connectivity index (χ0) is 33.5. The zero-order valence-corrected chi connectivity index (χ0v) is 29.3. The molecule has 3 aromatic rings. The minimum Gasteiger partial charge on any atom is -0.494 e. The van der Waals surface area contributed by atoms with E-state index in [9.17, 15) is 9.59 Å². The van der Waals surface area contributed by atoms with E-state index in [4.69, 9.17) is 14.2 Å². The molecule has 0 saturated carbocycles. The molecule has 0 aromatic heterocycles. The van der Waals surface area contributed by atoms with Gasteiger partial charge in [0, 0.05) is 0 Å². The number of unbranched alkanes of at least 4 members (excludes halogenated alkanes) is 14. The summed E-state index contributed by atoms with van der Waals surface area (Å²) >= 11 is 0. The van der Waals surface area contributed by atoms with Gasteiger partial charge in [0.2, 0.25) is 0 Å². The summed E-state index contributed by atoms with van der Waals surface area (Å²) < 4.78 is 16.9. The van der Waals surface area contributed by atoms with Gasteiger partial charge in [-0.1, -0.05) is 141 Å². The Hall–Kier alpha value is -3.60. The summed E-state index contributed by atoms with van der Waals surface area (Å²) in [6, 6.07) is 21.8. The lowest BCUT2D eigenvalue weighted by atomic mass is 10.0. The lowest BCUT2D eigenvalue weighted by molar-refractivity contribution is 0.0447. The zero-order valence-electron chi connectivity index (χ0n) is 29.3. The quantitative estimate of drug-likeness (QED) is 0.0553. The van der Waals surface area contributed by atoms with E-state index in [2.05, 4.69) is 20.8 Å². The molecule has 0 spiro atoms. The highest BCUT2D eigenvalue weighted by Crippen LogP contribution is 2.24. The van der Waals surface area contributed by atoms with Crippen molar-refractivity contribution in [2.45, 2.75) is 124 Å². The van der Waals surface area contributed by atoms with Crippen LogP contribution in [0.15, 0.2) is 72.8 Å². The molecule has 0 aliphatic heterocycles. The molecule has 3 aromatic carbocycles. The van der Waals surface area contributed by atoms with E-state index in [1.807, 2.05) is 36.4 Å². The van der Waals surface area contributed by atoms with Crippen molar-refractivity contribution in [2.24, 2.45) is 5.92 Å². The molecule has 5 heteroatoms. The number of carbonyl (C=O) groups is 2. The Morgan fingerprint density at radius 3 is 1.47 bits per heavy atom. The van der Waals surface area contributed by atoms with E-state index >= 15 is 0 Å². The highest BCUT2D eigenvalue weighted by atomic mass is 16.5. The van der Waals surface area contributed by atoms with Crippen LogP contribution in [-0.2, 0) is 4.74 Å². The van der Waals surface area contributed by atoms with Crippen molar-refractivity contribution in [1.82, 2.24) is 0 Å². The second kappa shape index (κ2) is 22.8. The van der Waals surface area contributed by atoms with Crippen molar-refractivity contribution in [1.29, 1.82) is 0 Å². The number of carbonyl (C=O) groups excluding carboxylic acids is 2. The summed E-state index contributed by atoms with van der Waals surface area (Å²) in [4.78, 5) is 25.0. The van der Waals surface area contributed by atoms with Crippen LogP contribution in [0.5, 0.6) is 11.5 Å². The summed E-state index contributed by atoms with van der Waals surface area (Å²) in [5.41, 5.74) is 2.93. The number of hydrogen-bond acceptors (Lipinski definition) is 5. The van der Waals surface area contributed by atoms with Crippen molar-refractivity contribution in [3.63, 3.8) is 0 Å². The van der Waals surface area contributed by atoms with Gasteiger partial charge in [-0.2, -0.15) is 0 Å². The largest absolute Gasteiger partial charge is 0.494 e. The Kier molecular flexibility index (Phi) is 18.4. The van der Waals surface area contributed by atoms with Gasteiger partial charge >= 0.3 is 11.9 Å². The predicted molar refractivity (Wildman–Crippen MR) is 193 cm³/mol. The molecular formula is C42H58O5. The lowest BCUT2D eigenvalue weighted by Gasteiger charge is -2.10. The summed E-state index contributed by atoms with van der Waals surface area (Å²) in [5, 5.41) is 0. The van der Waals surface area contributed by atoms with Gasteiger partial charge in [-0.3, -0.25) is 0 Å². The molecule has 3 rings (SSSR count). The van der Waals surface area contributed by atoms with Crippen molar-refractivity contribution in [3.8, 4) is 22.6 Å². The molecule has 256 valence electrons. The van der Waals surface area contributed by atoms with Crippen LogP contribution in [0.4, 0.5) is 0 Å². The number of ether oxygens (including phenoxy) is 3. The summed E-state index contributed by atoms with van der Waals surface area (Å²) in [6.07, 6.45) is 21.2. The second-order valence-corrected chi connectivity index (χ2v) is 12.9. The first-order valence-electron chi connectivity index (χ1n) is 18.3. The molecule has 0 aliphatic carbocycles. The molecule has 0 N–H and O–H groups in total. The monoisotopic (exact) mass is 642 g/mol. The maximum atomic E-state index is 12.7. The molecule has 0 saturated heterocycles. The van der Waals surface area contributed by atoms with Gasteiger partial charge in [-0.05, 0) is 72.0 Å². The van der Waals surface area contributed by atoms with Gasteiger partial charge in [0.05, 0.1) is 24.3 Å². The maximum Gasteiger partial charge on any atom is 0.343 e. The standard InChI is InChI=1S/C42H58O5/c1-4-6-7-8-9-10-11-12-13-14-15-16-17-18-19-32-45-39-28-26-38(27-29-39)42(44)47-40-30-24-36(25-31-40)35-20-22-37(23-21-35)41(43)46-33-34(3)5-2/h20-31,34H,4-19,32-33H2,1-3H3. The van der Waals surface area contributed by atoms with Crippen molar-refractivity contribution < 1.29 is 23.8 Å². The van der Waals surface area contributed by atoms with E-state index in [1.54, 1.807) is 36.4 Å². The molecule has 0 heterocycles. The predicted octanol–water partition coefficient (Wildman–Crippen LogP) is 12.0. The summed E-state index contributed by atoms with van der Waals surface area (Å²) in [6.45, 7) is 7.54. The Labute approximate surface area is 284 Å². The van der Waals surface area contributed by atoms with Crippen LogP contribution < -0.4 is 9.47 Å². The Morgan fingerprint density at radius 2 is 0.957 bits per heavy atom. The van der Waals surface area contributed by atoms with Crippen LogP contribution >= 0.6 is 0 Å². The fraction of sp³-hybridized carbons (Fsp3) is 0.524. The van der Waals surface area contributed by atoms with E-state index in [0.717, 1.165) is 29.7 Å². The SMILES string of the molecule is CCCCCCCCCCCCCCCCCOc1ccc(C(=O)Oc2ccc(-c3ccc(C(=O)OCC(C)CC)cc3)cc2)cc1. The van der Waals surface area contributed by atoms with Crippen molar-refractivity contribution in [3.05, 3.63) is 83.9 Å². The number of esters is 2. The van der Waals surface area contributed by atoms with Gasteiger partial charge in [-0.25, -0.2) is 9.59 Å². The van der Waals surface area contributed by atoms with Crippen LogP contribution in [0.2, 0.25) is 0 Å². The van der Waals surface area contributed by atoms with Gasteiger partial charge in [0.1, 0.15) is 11.5 Å². The average Bonchev–Trinajstić information content (AvgIpc) is 3.11. The third-order valence-electron chi connectivity index (χ3n) is 8.82. The molecule has 0 fully saturated rings. The van der Waals surface area contributed by atoms with Gasteiger partial charge in [-0.15, -0.1) is 0 Å².